The van der Waals surface area contributed by atoms with Gasteiger partial charge in [0.15, 0.2) is 0 Å². The Morgan fingerprint density at radius 2 is 2.00 bits per heavy atom. The number of hydrogen-bond donors (Lipinski definition) is 2. The first-order chi connectivity index (χ1) is 11.5. The summed E-state index contributed by atoms with van der Waals surface area (Å²) in [6, 6.07) is 7.37. The maximum absolute atomic E-state index is 12.3. The lowest BCUT2D eigenvalue weighted by molar-refractivity contribution is -0.121. The predicted molar refractivity (Wildman–Crippen MR) is 91.9 cm³/mol. The number of aromatic nitrogens is 2. The van der Waals surface area contributed by atoms with Crippen LogP contribution in [0.2, 0.25) is 0 Å². The first-order valence-corrected chi connectivity index (χ1v) is 7.71. The number of benzene rings is 1. The zero-order valence-electron chi connectivity index (χ0n) is 14.1. The van der Waals surface area contributed by atoms with Gasteiger partial charge in [0.05, 0.1) is 12.8 Å². The number of nitrogens with zero attached hydrogens (tertiary/aromatic N) is 2. The summed E-state index contributed by atoms with van der Waals surface area (Å²) >= 11 is 0. The molecule has 0 saturated carbocycles. The smallest absolute Gasteiger partial charge is 0.258 e. The summed E-state index contributed by atoms with van der Waals surface area (Å²) in [4.78, 5) is 28.6. The summed E-state index contributed by atoms with van der Waals surface area (Å²) < 4.78 is 6.28. The van der Waals surface area contributed by atoms with Gasteiger partial charge in [0.1, 0.15) is 12.3 Å². The Kier molecular flexibility index (Phi) is 5.57. The number of anilines is 1. The quantitative estimate of drug-likeness (QED) is 0.824. The highest BCUT2D eigenvalue weighted by Crippen LogP contribution is 2.11. The van der Waals surface area contributed by atoms with Gasteiger partial charge in [-0.1, -0.05) is 19.1 Å². The van der Waals surface area contributed by atoms with Gasteiger partial charge in [-0.25, -0.2) is 4.98 Å². The third-order valence-corrected chi connectivity index (χ3v) is 3.81. The molecule has 0 aliphatic heterocycles. The van der Waals surface area contributed by atoms with Crippen molar-refractivity contribution in [2.45, 2.75) is 33.4 Å². The number of carbonyl (C=O) groups is 1. The van der Waals surface area contributed by atoms with Gasteiger partial charge in [0.25, 0.3) is 5.56 Å². The highest BCUT2D eigenvalue weighted by molar-refractivity contribution is 5.76. The normalized spacial score (nSPS) is 10.5. The second-order valence-electron chi connectivity index (χ2n) is 5.41. The van der Waals surface area contributed by atoms with Crippen molar-refractivity contribution in [3.8, 4) is 5.75 Å². The molecular weight excluding hydrogens is 308 g/mol. The molecule has 1 heterocycles. The van der Waals surface area contributed by atoms with Gasteiger partial charge in [0.2, 0.25) is 11.9 Å². The van der Waals surface area contributed by atoms with Crippen LogP contribution in [0.1, 0.15) is 23.7 Å². The molecule has 2 aromatic rings. The van der Waals surface area contributed by atoms with E-state index in [0.717, 1.165) is 11.3 Å². The number of nitrogens with one attached hydrogen (secondary N) is 1. The lowest BCUT2D eigenvalue weighted by Gasteiger charge is -2.12. The van der Waals surface area contributed by atoms with E-state index in [4.69, 9.17) is 10.5 Å². The standard InChI is InChI=1S/C17H22N4O3/c1-4-14-11(2)16(23)21(17(18)20-14)10-15(22)19-9-12-5-7-13(24-3)8-6-12/h5-8H,4,9-10H2,1-3H3,(H2,18,20)(H,19,22). The molecule has 0 bridgehead atoms. The highest BCUT2D eigenvalue weighted by atomic mass is 16.5. The van der Waals surface area contributed by atoms with E-state index >= 15 is 0 Å². The molecule has 0 saturated heterocycles. The molecule has 1 aromatic heterocycles. The first kappa shape index (κ1) is 17.5. The van der Waals surface area contributed by atoms with E-state index in [9.17, 15) is 9.59 Å². The van der Waals surface area contributed by atoms with E-state index < -0.39 is 0 Å². The van der Waals surface area contributed by atoms with Crippen LogP contribution in [0.5, 0.6) is 5.75 Å². The summed E-state index contributed by atoms with van der Waals surface area (Å²) in [7, 11) is 1.60. The summed E-state index contributed by atoms with van der Waals surface area (Å²) in [5.74, 6) is 0.508. The van der Waals surface area contributed by atoms with Crippen LogP contribution >= 0.6 is 0 Å². The number of nitrogen functional groups attached to an aromatic ring is 1. The molecule has 0 unspecified atom stereocenters. The number of amides is 1. The average molecular weight is 330 g/mol. The van der Waals surface area contributed by atoms with Crippen LogP contribution in [0.15, 0.2) is 29.1 Å². The van der Waals surface area contributed by atoms with Crippen molar-refractivity contribution >= 4 is 11.9 Å². The van der Waals surface area contributed by atoms with Crippen molar-refractivity contribution < 1.29 is 9.53 Å². The molecule has 3 N–H and O–H groups in total. The fourth-order valence-corrected chi connectivity index (χ4v) is 2.35. The number of carbonyl (C=O) groups excluding carboxylic acids is 1. The van der Waals surface area contributed by atoms with Crippen molar-refractivity contribution in [3.05, 3.63) is 51.4 Å². The van der Waals surface area contributed by atoms with Crippen LogP contribution in [-0.4, -0.2) is 22.6 Å². The number of rotatable bonds is 6. The van der Waals surface area contributed by atoms with Gasteiger partial charge >= 0.3 is 0 Å². The molecule has 0 aliphatic rings. The van der Waals surface area contributed by atoms with Gasteiger partial charge in [-0.05, 0) is 31.0 Å². The predicted octanol–water partition coefficient (Wildman–Crippen LogP) is 1.02. The molecule has 0 aliphatic carbocycles. The Bertz CT molecular complexity index is 782. The van der Waals surface area contributed by atoms with Crippen LogP contribution in [0.4, 0.5) is 5.95 Å². The Morgan fingerprint density at radius 1 is 1.33 bits per heavy atom. The minimum Gasteiger partial charge on any atom is -0.497 e. The number of methoxy groups -OCH3 is 1. The fraction of sp³-hybridized carbons (Fsp3) is 0.353. The maximum Gasteiger partial charge on any atom is 0.258 e. The molecule has 1 amide bonds. The zero-order valence-corrected chi connectivity index (χ0v) is 14.1. The molecule has 1 aromatic carbocycles. The van der Waals surface area contributed by atoms with E-state index in [1.165, 1.54) is 4.57 Å². The largest absolute Gasteiger partial charge is 0.497 e. The van der Waals surface area contributed by atoms with Gasteiger partial charge in [-0.15, -0.1) is 0 Å². The number of ether oxygens (including phenoxy) is 1. The number of nitrogens with two attached hydrogens (primary N) is 1. The zero-order chi connectivity index (χ0) is 17.7. The van der Waals surface area contributed by atoms with Gasteiger partial charge in [-0.3, -0.25) is 14.2 Å². The van der Waals surface area contributed by atoms with E-state index in [2.05, 4.69) is 10.3 Å². The van der Waals surface area contributed by atoms with E-state index in [1.807, 2.05) is 31.2 Å². The Labute approximate surface area is 140 Å². The lowest BCUT2D eigenvalue weighted by Crippen LogP contribution is -2.35. The second-order valence-corrected chi connectivity index (χ2v) is 5.41. The Morgan fingerprint density at radius 3 is 2.58 bits per heavy atom. The van der Waals surface area contributed by atoms with Crippen molar-refractivity contribution in [3.63, 3.8) is 0 Å². The molecular formula is C17H22N4O3. The van der Waals surface area contributed by atoms with Crippen LogP contribution in [0.25, 0.3) is 0 Å². The monoisotopic (exact) mass is 330 g/mol. The third-order valence-electron chi connectivity index (χ3n) is 3.81. The van der Waals surface area contributed by atoms with Crippen molar-refractivity contribution in [1.82, 2.24) is 14.9 Å². The summed E-state index contributed by atoms with van der Waals surface area (Å²) in [5.41, 5.74) is 7.65. The average Bonchev–Trinajstić information content (AvgIpc) is 2.60. The number of hydrogen-bond acceptors (Lipinski definition) is 5. The van der Waals surface area contributed by atoms with Gasteiger partial charge < -0.3 is 15.8 Å². The van der Waals surface area contributed by atoms with E-state index in [0.29, 0.717) is 24.2 Å². The second kappa shape index (κ2) is 7.63. The Hall–Kier alpha value is -2.83. The molecule has 128 valence electrons. The molecule has 0 radical (unpaired) electrons. The van der Waals surface area contributed by atoms with Gasteiger partial charge in [0, 0.05) is 12.1 Å². The summed E-state index contributed by atoms with van der Waals surface area (Å²) in [6.45, 7) is 3.80. The summed E-state index contributed by atoms with van der Waals surface area (Å²) in [5, 5.41) is 2.76. The number of aryl methyl sites for hydroxylation is 1. The van der Waals surface area contributed by atoms with E-state index in [1.54, 1.807) is 14.0 Å². The molecule has 0 spiro atoms. The molecule has 2 rings (SSSR count). The van der Waals surface area contributed by atoms with Crippen molar-refractivity contribution in [1.29, 1.82) is 0 Å². The van der Waals surface area contributed by atoms with Crippen LogP contribution in [-0.2, 0) is 24.3 Å². The van der Waals surface area contributed by atoms with Crippen molar-refractivity contribution in [2.24, 2.45) is 0 Å². The molecule has 0 fully saturated rings. The van der Waals surface area contributed by atoms with Crippen LogP contribution in [0, 0.1) is 6.92 Å². The molecule has 7 heteroatoms. The molecule has 7 nitrogen and oxygen atoms in total. The van der Waals surface area contributed by atoms with Crippen LogP contribution < -0.4 is 21.3 Å². The van der Waals surface area contributed by atoms with E-state index in [-0.39, 0.29) is 24.0 Å². The lowest BCUT2D eigenvalue weighted by atomic mass is 10.2. The minimum absolute atomic E-state index is 0.0575. The first-order valence-electron chi connectivity index (χ1n) is 7.71. The molecule has 0 atom stereocenters. The molecule has 24 heavy (non-hydrogen) atoms. The van der Waals surface area contributed by atoms with Crippen LogP contribution in [0.3, 0.4) is 0 Å². The fourth-order valence-electron chi connectivity index (χ4n) is 2.35. The maximum atomic E-state index is 12.3. The van der Waals surface area contributed by atoms with Gasteiger partial charge in [-0.2, -0.15) is 0 Å². The summed E-state index contributed by atoms with van der Waals surface area (Å²) in [6.07, 6.45) is 0.621. The van der Waals surface area contributed by atoms with Crippen molar-refractivity contribution in [2.75, 3.05) is 12.8 Å². The SMILES string of the molecule is CCc1nc(N)n(CC(=O)NCc2ccc(OC)cc2)c(=O)c1C. The minimum atomic E-state index is -0.301. The highest BCUT2D eigenvalue weighted by Gasteiger charge is 2.13. The topological polar surface area (TPSA) is 99.2 Å². The third kappa shape index (κ3) is 3.92. The Balaban J connectivity index is 2.04.